The van der Waals surface area contributed by atoms with Crippen molar-refractivity contribution in [1.29, 1.82) is 0 Å². The Morgan fingerprint density at radius 2 is 1.79 bits per heavy atom. The molecule has 0 bridgehead atoms. The highest BCUT2D eigenvalue weighted by Gasteiger charge is 2.23. The van der Waals surface area contributed by atoms with Gasteiger partial charge in [0, 0.05) is 48.0 Å². The van der Waals surface area contributed by atoms with Crippen molar-refractivity contribution >= 4 is 23.3 Å². The number of hydrogen-bond donors (Lipinski definition) is 3. The molecular weight excluding hydrogens is 420 g/mol. The second-order valence-electron chi connectivity index (χ2n) is 7.85. The van der Waals surface area contributed by atoms with E-state index in [1.807, 2.05) is 6.07 Å². The van der Waals surface area contributed by atoms with E-state index in [9.17, 15) is 14.7 Å². The van der Waals surface area contributed by atoms with Gasteiger partial charge in [0.2, 0.25) is 0 Å². The summed E-state index contributed by atoms with van der Waals surface area (Å²) in [5.41, 5.74) is 2.25. The lowest BCUT2D eigenvalue weighted by Crippen LogP contribution is -2.39. The number of rotatable bonds is 7. The minimum absolute atomic E-state index is 0.0346. The molecule has 2 aromatic carbocycles. The molecule has 1 atom stereocenters. The molecule has 4 rings (SSSR count). The lowest BCUT2D eigenvalue weighted by atomic mass is 10.1. The van der Waals surface area contributed by atoms with Crippen LogP contribution in [0.25, 0.3) is 0 Å². The standard InChI is InChI=1S/C25H26N4O4/c30-23-9-2-1-5-19(23)16-29(17-22-8-4-14-33-22)25(32)28-21-7-3-6-20(15-21)27-24(31)18-10-12-26-13-11-18/h1-3,5-7,9-13,15,22,30H,4,8,14,16-17H2,(H,27,31)(H,28,32)/t22-/m1/s1. The number of para-hydroxylation sites is 1. The largest absolute Gasteiger partial charge is 0.508 e. The Balaban J connectivity index is 1.46. The van der Waals surface area contributed by atoms with Crippen LogP contribution in [-0.4, -0.2) is 46.2 Å². The molecular formula is C25H26N4O4. The highest BCUT2D eigenvalue weighted by molar-refractivity contribution is 6.04. The normalized spacial score (nSPS) is 15.1. The number of aromatic hydroxyl groups is 1. The minimum Gasteiger partial charge on any atom is -0.508 e. The SMILES string of the molecule is O=C(Nc1cccc(NC(=O)N(Cc2ccccc2O)C[C@H]2CCCO2)c1)c1ccncc1. The molecule has 1 aliphatic rings. The van der Waals surface area contributed by atoms with Crippen LogP contribution in [0.15, 0.2) is 73.1 Å². The van der Waals surface area contributed by atoms with E-state index in [0.29, 0.717) is 35.7 Å². The fraction of sp³-hybridized carbons (Fsp3) is 0.240. The second kappa shape index (κ2) is 10.6. The molecule has 1 aromatic heterocycles. The van der Waals surface area contributed by atoms with E-state index in [-0.39, 0.29) is 30.3 Å². The van der Waals surface area contributed by atoms with E-state index in [1.165, 1.54) is 0 Å². The van der Waals surface area contributed by atoms with E-state index in [0.717, 1.165) is 12.8 Å². The number of phenolic OH excluding ortho intramolecular Hbond substituents is 1. The number of ether oxygens (including phenoxy) is 1. The number of nitrogens with zero attached hydrogens (tertiary/aromatic N) is 2. The van der Waals surface area contributed by atoms with Gasteiger partial charge in [-0.1, -0.05) is 24.3 Å². The third-order valence-electron chi connectivity index (χ3n) is 5.40. The molecule has 0 spiro atoms. The molecule has 0 unspecified atom stereocenters. The van der Waals surface area contributed by atoms with Gasteiger partial charge in [0.25, 0.3) is 5.91 Å². The zero-order valence-corrected chi connectivity index (χ0v) is 18.1. The first kappa shape index (κ1) is 22.3. The Hall–Kier alpha value is -3.91. The van der Waals surface area contributed by atoms with Gasteiger partial charge < -0.3 is 25.4 Å². The van der Waals surface area contributed by atoms with Crippen LogP contribution in [0.5, 0.6) is 5.75 Å². The Kier molecular flexibility index (Phi) is 7.16. The molecule has 170 valence electrons. The van der Waals surface area contributed by atoms with Crippen molar-refractivity contribution in [3.63, 3.8) is 0 Å². The second-order valence-corrected chi connectivity index (χ2v) is 7.85. The number of hydrogen-bond acceptors (Lipinski definition) is 5. The van der Waals surface area contributed by atoms with Crippen molar-refractivity contribution in [2.45, 2.75) is 25.5 Å². The van der Waals surface area contributed by atoms with Crippen LogP contribution in [0.2, 0.25) is 0 Å². The average molecular weight is 447 g/mol. The van der Waals surface area contributed by atoms with E-state index in [2.05, 4.69) is 15.6 Å². The van der Waals surface area contributed by atoms with Crippen LogP contribution in [0.1, 0.15) is 28.8 Å². The molecule has 3 N–H and O–H groups in total. The number of carbonyl (C=O) groups excluding carboxylic acids is 2. The van der Waals surface area contributed by atoms with Crippen LogP contribution < -0.4 is 10.6 Å². The van der Waals surface area contributed by atoms with Gasteiger partial charge in [-0.05, 0) is 49.2 Å². The van der Waals surface area contributed by atoms with E-state index >= 15 is 0 Å². The predicted molar refractivity (Wildman–Crippen MR) is 125 cm³/mol. The summed E-state index contributed by atoms with van der Waals surface area (Å²) in [5.74, 6) is -0.121. The van der Waals surface area contributed by atoms with Gasteiger partial charge in [0.15, 0.2) is 0 Å². The smallest absolute Gasteiger partial charge is 0.322 e. The van der Waals surface area contributed by atoms with Gasteiger partial charge in [-0.2, -0.15) is 0 Å². The summed E-state index contributed by atoms with van der Waals surface area (Å²) in [6, 6.07) is 16.9. The summed E-state index contributed by atoms with van der Waals surface area (Å²) in [6.45, 7) is 1.35. The first-order chi connectivity index (χ1) is 16.1. The molecule has 8 heteroatoms. The number of carbonyl (C=O) groups is 2. The molecule has 0 radical (unpaired) electrons. The molecule has 8 nitrogen and oxygen atoms in total. The summed E-state index contributed by atoms with van der Waals surface area (Å²) >= 11 is 0. The number of anilines is 2. The fourth-order valence-corrected chi connectivity index (χ4v) is 3.69. The van der Waals surface area contributed by atoms with Crippen molar-refractivity contribution in [3.8, 4) is 5.75 Å². The van der Waals surface area contributed by atoms with E-state index < -0.39 is 0 Å². The number of phenols is 1. The zero-order chi connectivity index (χ0) is 23.0. The Bertz CT molecular complexity index is 1100. The number of benzene rings is 2. The third kappa shape index (κ3) is 6.08. The molecule has 3 aromatic rings. The maximum Gasteiger partial charge on any atom is 0.322 e. The first-order valence-corrected chi connectivity index (χ1v) is 10.8. The molecule has 33 heavy (non-hydrogen) atoms. The quantitative estimate of drug-likeness (QED) is 0.503. The predicted octanol–water partition coefficient (Wildman–Crippen LogP) is 4.25. The Morgan fingerprint density at radius 1 is 1.03 bits per heavy atom. The van der Waals surface area contributed by atoms with Crippen LogP contribution in [0, 0.1) is 0 Å². The van der Waals surface area contributed by atoms with Crippen LogP contribution in [0.3, 0.4) is 0 Å². The van der Waals surface area contributed by atoms with Gasteiger partial charge in [-0.3, -0.25) is 9.78 Å². The summed E-state index contributed by atoms with van der Waals surface area (Å²) in [6.07, 6.45) is 4.93. The zero-order valence-electron chi connectivity index (χ0n) is 18.1. The van der Waals surface area contributed by atoms with Crippen molar-refractivity contribution < 1.29 is 19.4 Å². The number of pyridine rings is 1. The van der Waals surface area contributed by atoms with Crippen molar-refractivity contribution in [2.75, 3.05) is 23.8 Å². The summed E-state index contributed by atoms with van der Waals surface area (Å²) in [4.78, 5) is 31.1. The lowest BCUT2D eigenvalue weighted by molar-refractivity contribution is 0.0817. The minimum atomic E-state index is -0.314. The third-order valence-corrected chi connectivity index (χ3v) is 5.40. The van der Waals surface area contributed by atoms with Crippen molar-refractivity contribution in [2.24, 2.45) is 0 Å². The molecule has 0 aliphatic carbocycles. The van der Waals surface area contributed by atoms with Gasteiger partial charge in [-0.15, -0.1) is 0 Å². The van der Waals surface area contributed by atoms with Gasteiger partial charge in [0.05, 0.1) is 12.6 Å². The van der Waals surface area contributed by atoms with E-state index in [1.54, 1.807) is 71.9 Å². The summed E-state index contributed by atoms with van der Waals surface area (Å²) < 4.78 is 5.72. The maximum absolute atomic E-state index is 13.2. The van der Waals surface area contributed by atoms with Gasteiger partial charge in [-0.25, -0.2) is 4.79 Å². The lowest BCUT2D eigenvalue weighted by Gasteiger charge is -2.26. The highest BCUT2D eigenvalue weighted by Crippen LogP contribution is 2.22. The topological polar surface area (TPSA) is 104 Å². The summed E-state index contributed by atoms with van der Waals surface area (Å²) in [5, 5.41) is 15.9. The molecule has 1 saturated heterocycles. The number of amides is 3. The monoisotopic (exact) mass is 446 g/mol. The van der Waals surface area contributed by atoms with Crippen LogP contribution in [-0.2, 0) is 11.3 Å². The molecule has 0 saturated carbocycles. The molecule has 2 heterocycles. The average Bonchev–Trinajstić information content (AvgIpc) is 3.34. The highest BCUT2D eigenvalue weighted by atomic mass is 16.5. The maximum atomic E-state index is 13.2. The van der Waals surface area contributed by atoms with Crippen LogP contribution in [0.4, 0.5) is 16.2 Å². The Morgan fingerprint density at radius 3 is 2.52 bits per heavy atom. The molecule has 1 fully saturated rings. The summed E-state index contributed by atoms with van der Waals surface area (Å²) in [7, 11) is 0. The van der Waals surface area contributed by atoms with Crippen molar-refractivity contribution in [3.05, 3.63) is 84.2 Å². The first-order valence-electron chi connectivity index (χ1n) is 10.8. The number of nitrogens with one attached hydrogen (secondary N) is 2. The Labute approximate surface area is 192 Å². The van der Waals surface area contributed by atoms with Gasteiger partial charge >= 0.3 is 6.03 Å². The van der Waals surface area contributed by atoms with E-state index in [4.69, 9.17) is 4.74 Å². The van der Waals surface area contributed by atoms with Gasteiger partial charge in [0.1, 0.15) is 5.75 Å². The molecule has 3 amide bonds. The number of aromatic nitrogens is 1. The molecule has 1 aliphatic heterocycles. The fourth-order valence-electron chi connectivity index (χ4n) is 3.69. The van der Waals surface area contributed by atoms with Crippen molar-refractivity contribution in [1.82, 2.24) is 9.88 Å². The number of urea groups is 1. The van der Waals surface area contributed by atoms with Crippen LogP contribution >= 0.6 is 0 Å².